The Labute approximate surface area is 88.5 Å². The second-order valence-corrected chi connectivity index (χ2v) is 3.12. The van der Waals surface area contributed by atoms with Crippen LogP contribution in [0.4, 0.5) is 18.9 Å². The predicted molar refractivity (Wildman–Crippen MR) is 50.8 cm³/mol. The molecule has 2 aromatic rings. The van der Waals surface area contributed by atoms with Gasteiger partial charge in [-0.25, -0.2) is 4.68 Å². The largest absolute Gasteiger partial charge is 0.435 e. The predicted octanol–water partition coefficient (Wildman–Crippen LogP) is 1.87. The number of nitrogens with zero attached hydrogens (tertiary/aromatic N) is 3. The lowest BCUT2D eigenvalue weighted by atomic mass is 10.3. The first kappa shape index (κ1) is 10.5. The first-order chi connectivity index (χ1) is 7.48. The third-order valence-corrected chi connectivity index (χ3v) is 1.98. The molecule has 0 spiro atoms. The Kier molecular flexibility index (Phi) is 2.30. The molecular formula is C9H7F3N4. The van der Waals surface area contributed by atoms with Gasteiger partial charge in [0.15, 0.2) is 5.69 Å². The van der Waals surface area contributed by atoms with Crippen LogP contribution in [0.5, 0.6) is 0 Å². The Bertz CT molecular complexity index is 486. The monoisotopic (exact) mass is 228 g/mol. The van der Waals surface area contributed by atoms with E-state index in [0.29, 0.717) is 11.9 Å². The van der Waals surface area contributed by atoms with Crippen molar-refractivity contribution in [2.45, 2.75) is 6.18 Å². The van der Waals surface area contributed by atoms with Gasteiger partial charge in [-0.15, -0.1) is 5.10 Å². The van der Waals surface area contributed by atoms with E-state index < -0.39 is 11.9 Å². The Morgan fingerprint density at radius 2 is 1.75 bits per heavy atom. The van der Waals surface area contributed by atoms with Gasteiger partial charge in [0, 0.05) is 5.69 Å². The molecule has 1 aromatic heterocycles. The first-order valence-corrected chi connectivity index (χ1v) is 4.32. The van der Waals surface area contributed by atoms with Gasteiger partial charge < -0.3 is 5.73 Å². The van der Waals surface area contributed by atoms with Crippen LogP contribution in [-0.4, -0.2) is 15.0 Å². The highest BCUT2D eigenvalue weighted by Gasteiger charge is 2.35. The number of hydrogen-bond donors (Lipinski definition) is 1. The third kappa shape index (κ3) is 1.83. The summed E-state index contributed by atoms with van der Waals surface area (Å²) in [7, 11) is 0. The fourth-order valence-corrected chi connectivity index (χ4v) is 1.23. The minimum atomic E-state index is -4.48. The lowest BCUT2D eigenvalue weighted by Crippen LogP contribution is -2.13. The molecule has 0 amide bonds. The van der Waals surface area contributed by atoms with Gasteiger partial charge in [-0.05, 0) is 24.3 Å². The van der Waals surface area contributed by atoms with Crippen LogP contribution in [0.2, 0.25) is 0 Å². The summed E-state index contributed by atoms with van der Waals surface area (Å²) in [5.74, 6) is 0. The summed E-state index contributed by atoms with van der Waals surface area (Å²) in [6.07, 6.45) is -3.80. The standard InChI is InChI=1S/C9H7F3N4/c10-9(11,12)8-5-14-15-16(8)7-3-1-6(13)2-4-7/h1-5H,13H2. The highest BCUT2D eigenvalue weighted by Crippen LogP contribution is 2.29. The number of alkyl halides is 3. The molecule has 0 aliphatic rings. The Balaban J connectivity index is 2.49. The van der Waals surface area contributed by atoms with Crippen molar-refractivity contribution in [2.75, 3.05) is 5.73 Å². The van der Waals surface area contributed by atoms with Gasteiger partial charge in [-0.3, -0.25) is 0 Å². The minimum Gasteiger partial charge on any atom is -0.399 e. The summed E-state index contributed by atoms with van der Waals surface area (Å²) < 4.78 is 38.3. The van der Waals surface area contributed by atoms with Crippen molar-refractivity contribution in [2.24, 2.45) is 0 Å². The maximum atomic E-state index is 12.5. The van der Waals surface area contributed by atoms with Crippen LogP contribution in [0.15, 0.2) is 30.5 Å². The normalized spacial score (nSPS) is 11.7. The smallest absolute Gasteiger partial charge is 0.399 e. The van der Waals surface area contributed by atoms with Crippen molar-refractivity contribution in [1.29, 1.82) is 0 Å². The van der Waals surface area contributed by atoms with Gasteiger partial charge in [-0.2, -0.15) is 13.2 Å². The van der Waals surface area contributed by atoms with Crippen molar-refractivity contribution in [1.82, 2.24) is 15.0 Å². The highest BCUT2D eigenvalue weighted by atomic mass is 19.4. The molecule has 0 saturated carbocycles. The van der Waals surface area contributed by atoms with E-state index in [1.54, 1.807) is 0 Å². The molecule has 1 heterocycles. The first-order valence-electron chi connectivity index (χ1n) is 4.32. The number of benzene rings is 1. The van der Waals surface area contributed by atoms with Gasteiger partial charge >= 0.3 is 6.18 Å². The molecule has 0 aliphatic carbocycles. The lowest BCUT2D eigenvalue weighted by molar-refractivity contribution is -0.142. The molecule has 4 nitrogen and oxygen atoms in total. The second kappa shape index (κ2) is 3.51. The average molecular weight is 228 g/mol. The van der Waals surface area contributed by atoms with E-state index in [9.17, 15) is 13.2 Å². The zero-order chi connectivity index (χ0) is 11.8. The fraction of sp³-hybridized carbons (Fsp3) is 0.111. The van der Waals surface area contributed by atoms with Gasteiger partial charge in [0.1, 0.15) is 0 Å². The molecule has 1 aromatic carbocycles. The number of hydrogen-bond acceptors (Lipinski definition) is 3. The highest BCUT2D eigenvalue weighted by molar-refractivity contribution is 5.45. The molecule has 2 N–H and O–H groups in total. The maximum Gasteiger partial charge on any atom is 0.435 e. The van der Waals surface area contributed by atoms with E-state index in [4.69, 9.17) is 5.73 Å². The van der Waals surface area contributed by atoms with Crippen LogP contribution in [0.1, 0.15) is 5.69 Å². The molecule has 84 valence electrons. The van der Waals surface area contributed by atoms with Crippen LogP contribution >= 0.6 is 0 Å². The summed E-state index contributed by atoms with van der Waals surface area (Å²) in [4.78, 5) is 0. The maximum absolute atomic E-state index is 12.5. The number of nitrogen functional groups attached to an aromatic ring is 1. The summed E-state index contributed by atoms with van der Waals surface area (Å²) in [6.45, 7) is 0. The van der Waals surface area contributed by atoms with Crippen molar-refractivity contribution < 1.29 is 13.2 Å². The molecule has 7 heteroatoms. The van der Waals surface area contributed by atoms with E-state index in [-0.39, 0.29) is 5.69 Å². The topological polar surface area (TPSA) is 56.7 Å². The molecule has 2 rings (SSSR count). The van der Waals surface area contributed by atoms with E-state index >= 15 is 0 Å². The molecule has 0 atom stereocenters. The van der Waals surface area contributed by atoms with Crippen molar-refractivity contribution in [3.63, 3.8) is 0 Å². The van der Waals surface area contributed by atoms with Gasteiger partial charge in [-0.1, -0.05) is 5.21 Å². The second-order valence-electron chi connectivity index (χ2n) is 3.12. The average Bonchev–Trinajstić information content (AvgIpc) is 2.66. The zero-order valence-corrected chi connectivity index (χ0v) is 7.94. The van der Waals surface area contributed by atoms with Crippen molar-refractivity contribution in [3.05, 3.63) is 36.2 Å². The van der Waals surface area contributed by atoms with Gasteiger partial charge in [0.2, 0.25) is 0 Å². The van der Waals surface area contributed by atoms with Gasteiger partial charge in [0.05, 0.1) is 11.9 Å². The van der Waals surface area contributed by atoms with E-state index in [0.717, 1.165) is 4.68 Å². The number of halogens is 3. The molecule has 0 aliphatic heterocycles. The number of aromatic nitrogens is 3. The van der Waals surface area contributed by atoms with Crippen LogP contribution in [0.3, 0.4) is 0 Å². The number of rotatable bonds is 1. The van der Waals surface area contributed by atoms with Crippen LogP contribution < -0.4 is 5.73 Å². The summed E-state index contributed by atoms with van der Waals surface area (Å²) in [5.41, 5.74) is 5.25. The third-order valence-electron chi connectivity index (χ3n) is 1.98. The SMILES string of the molecule is Nc1ccc(-n2nncc2C(F)(F)F)cc1. The zero-order valence-electron chi connectivity index (χ0n) is 7.94. The van der Waals surface area contributed by atoms with Crippen molar-refractivity contribution in [3.8, 4) is 5.69 Å². The van der Waals surface area contributed by atoms with Crippen LogP contribution in [-0.2, 0) is 6.18 Å². The van der Waals surface area contributed by atoms with Crippen molar-refractivity contribution >= 4 is 5.69 Å². The molecule has 0 unspecified atom stereocenters. The Hall–Kier alpha value is -2.05. The molecular weight excluding hydrogens is 221 g/mol. The van der Waals surface area contributed by atoms with Gasteiger partial charge in [0.25, 0.3) is 0 Å². The minimum absolute atomic E-state index is 0.263. The summed E-state index contributed by atoms with van der Waals surface area (Å²) >= 11 is 0. The number of nitrogens with two attached hydrogens (primary N) is 1. The van der Waals surface area contributed by atoms with E-state index in [1.807, 2.05) is 0 Å². The molecule has 0 saturated heterocycles. The molecule has 0 radical (unpaired) electrons. The number of anilines is 1. The van der Waals surface area contributed by atoms with E-state index in [1.165, 1.54) is 24.3 Å². The lowest BCUT2D eigenvalue weighted by Gasteiger charge is -2.08. The Morgan fingerprint density at radius 1 is 1.12 bits per heavy atom. The molecule has 0 bridgehead atoms. The fourth-order valence-electron chi connectivity index (χ4n) is 1.23. The van der Waals surface area contributed by atoms with Crippen LogP contribution in [0.25, 0.3) is 5.69 Å². The van der Waals surface area contributed by atoms with E-state index in [2.05, 4.69) is 10.3 Å². The Morgan fingerprint density at radius 3 is 2.31 bits per heavy atom. The molecule has 16 heavy (non-hydrogen) atoms. The quantitative estimate of drug-likeness (QED) is 0.758. The summed E-state index contributed by atoms with van der Waals surface area (Å²) in [5, 5.41) is 6.64. The van der Waals surface area contributed by atoms with Crippen LogP contribution in [0, 0.1) is 0 Å². The summed E-state index contributed by atoms with van der Waals surface area (Å²) in [6, 6.07) is 5.88. The molecule has 0 fully saturated rings.